The molecule has 12 rings (SSSR count). The van der Waals surface area contributed by atoms with Crippen LogP contribution >= 0.6 is 10.0 Å². The number of nitrogens with zero attached hydrogens (tertiary/aromatic N) is 4. The predicted molar refractivity (Wildman–Crippen MR) is 237 cm³/mol. The molecule has 0 spiro atoms. The maximum Gasteiger partial charge on any atom is 0.123 e. The van der Waals surface area contributed by atoms with Crippen LogP contribution in [0.2, 0.25) is 0 Å². The first-order valence-corrected chi connectivity index (χ1v) is 21.1. The van der Waals surface area contributed by atoms with Crippen molar-refractivity contribution in [2.75, 3.05) is 0 Å². The average Bonchev–Trinajstić information content (AvgIpc) is 4.01. The summed E-state index contributed by atoms with van der Waals surface area (Å²) in [6, 6.07) is 80.5. The molecule has 270 valence electrons. The Labute approximate surface area is 331 Å². The van der Waals surface area contributed by atoms with Gasteiger partial charge < -0.3 is 0 Å². The SMILES string of the molecule is c1ccc(-n2c3ccccc3n3c4cc(S(c5ccccc5)(c5ccccc5)c5cccc(-n6c7ccccc7n7c8ccccc8cc67)c5)ccc4cc23)cc1. The zero-order valence-corrected chi connectivity index (χ0v) is 31.8. The van der Waals surface area contributed by atoms with Crippen LogP contribution in [0.3, 0.4) is 0 Å². The van der Waals surface area contributed by atoms with Gasteiger partial charge in [0.1, 0.15) is 11.3 Å². The van der Waals surface area contributed by atoms with Gasteiger partial charge in [-0.2, -0.15) is 0 Å². The molecule has 0 fully saturated rings. The summed E-state index contributed by atoms with van der Waals surface area (Å²) in [6.45, 7) is 0. The number of para-hydroxylation sites is 6. The van der Waals surface area contributed by atoms with Crippen LogP contribution in [-0.4, -0.2) is 17.9 Å². The molecule has 0 aliphatic carbocycles. The molecule has 0 unspecified atom stereocenters. The Balaban J connectivity index is 1.17. The van der Waals surface area contributed by atoms with Gasteiger partial charge in [-0.05, 0) is 109 Å². The molecule has 4 aromatic heterocycles. The van der Waals surface area contributed by atoms with Crippen molar-refractivity contribution in [3.8, 4) is 11.4 Å². The summed E-state index contributed by atoms with van der Waals surface area (Å²) in [7, 11) is -2.03. The van der Waals surface area contributed by atoms with Gasteiger partial charge in [0.15, 0.2) is 0 Å². The van der Waals surface area contributed by atoms with Crippen molar-refractivity contribution in [3.63, 3.8) is 0 Å². The lowest BCUT2D eigenvalue weighted by Crippen LogP contribution is -2.06. The van der Waals surface area contributed by atoms with Gasteiger partial charge in [-0.3, -0.25) is 17.9 Å². The van der Waals surface area contributed by atoms with Crippen LogP contribution < -0.4 is 0 Å². The maximum absolute atomic E-state index is 2.48. The van der Waals surface area contributed by atoms with Gasteiger partial charge in [0.05, 0.1) is 33.1 Å². The van der Waals surface area contributed by atoms with Crippen molar-refractivity contribution in [3.05, 3.63) is 218 Å². The molecule has 5 heteroatoms. The van der Waals surface area contributed by atoms with Crippen LogP contribution in [0.4, 0.5) is 0 Å². The number of rotatable bonds is 6. The van der Waals surface area contributed by atoms with Gasteiger partial charge in [0.2, 0.25) is 0 Å². The third-order valence-electron chi connectivity index (χ3n) is 11.6. The predicted octanol–water partition coefficient (Wildman–Crippen LogP) is 13.7. The highest BCUT2D eigenvalue weighted by Gasteiger charge is 2.34. The third kappa shape index (κ3) is 4.58. The van der Waals surface area contributed by atoms with Crippen molar-refractivity contribution < 1.29 is 0 Å². The average molecular weight is 749 g/mol. The third-order valence-corrected chi connectivity index (χ3v) is 15.5. The zero-order chi connectivity index (χ0) is 37.5. The van der Waals surface area contributed by atoms with Crippen LogP contribution in [-0.2, 0) is 0 Å². The topological polar surface area (TPSA) is 18.7 Å². The summed E-state index contributed by atoms with van der Waals surface area (Å²) in [4.78, 5) is 5.16. The second kappa shape index (κ2) is 12.4. The molecule has 57 heavy (non-hydrogen) atoms. The van der Waals surface area contributed by atoms with Crippen LogP contribution in [0.5, 0.6) is 0 Å². The van der Waals surface area contributed by atoms with Gasteiger partial charge in [-0.25, -0.2) is 0 Å². The minimum absolute atomic E-state index is 1.14. The highest BCUT2D eigenvalue weighted by atomic mass is 32.3. The molecule has 0 aliphatic heterocycles. The first-order valence-electron chi connectivity index (χ1n) is 19.4. The van der Waals surface area contributed by atoms with E-state index in [0.29, 0.717) is 0 Å². The second-order valence-corrected chi connectivity index (χ2v) is 17.8. The summed E-state index contributed by atoms with van der Waals surface area (Å²) in [5.41, 5.74) is 11.8. The Morgan fingerprint density at radius 1 is 0.263 bits per heavy atom. The fraction of sp³-hybridized carbons (Fsp3) is 0. The van der Waals surface area contributed by atoms with Crippen LogP contribution in [0.25, 0.3) is 66.5 Å². The van der Waals surface area contributed by atoms with E-state index in [0.717, 1.165) is 22.7 Å². The summed E-state index contributed by atoms with van der Waals surface area (Å²) in [5.74, 6) is 0. The van der Waals surface area contributed by atoms with Gasteiger partial charge >= 0.3 is 0 Å². The molecule has 4 heterocycles. The first kappa shape index (κ1) is 32.1. The Hall–Kier alpha value is -7.21. The number of hydrogen-bond donors (Lipinski definition) is 0. The lowest BCUT2D eigenvalue weighted by Gasteiger charge is -2.42. The normalized spacial score (nSPS) is 12.5. The molecule has 0 amide bonds. The van der Waals surface area contributed by atoms with E-state index in [4.69, 9.17) is 0 Å². The van der Waals surface area contributed by atoms with E-state index in [2.05, 4.69) is 236 Å². The number of imidazole rings is 2. The zero-order valence-electron chi connectivity index (χ0n) is 31.0. The Morgan fingerprint density at radius 3 is 1.33 bits per heavy atom. The Kier molecular flexibility index (Phi) is 6.98. The number of aromatic nitrogens is 4. The molecule has 0 atom stereocenters. The Bertz CT molecular complexity index is 3420. The minimum Gasteiger partial charge on any atom is -0.294 e. The lowest BCUT2D eigenvalue weighted by atomic mass is 10.2. The van der Waals surface area contributed by atoms with Gasteiger partial charge in [-0.15, -0.1) is 10.0 Å². The van der Waals surface area contributed by atoms with E-state index in [9.17, 15) is 0 Å². The summed E-state index contributed by atoms with van der Waals surface area (Å²) in [6.07, 6.45) is 0. The number of hydrogen-bond acceptors (Lipinski definition) is 0. The molecule has 0 bridgehead atoms. The second-order valence-electron chi connectivity index (χ2n) is 14.7. The fourth-order valence-corrected chi connectivity index (χ4v) is 13.2. The molecule has 0 saturated carbocycles. The molecule has 0 saturated heterocycles. The molecule has 12 aromatic rings. The largest absolute Gasteiger partial charge is 0.294 e. The first-order chi connectivity index (χ1) is 28.3. The van der Waals surface area contributed by atoms with Crippen molar-refractivity contribution in [1.82, 2.24) is 17.9 Å². The van der Waals surface area contributed by atoms with E-state index >= 15 is 0 Å². The quantitative estimate of drug-likeness (QED) is 0.161. The number of fused-ring (bicyclic) bond motifs is 10. The maximum atomic E-state index is 2.48. The van der Waals surface area contributed by atoms with E-state index in [1.807, 2.05) is 0 Å². The fourth-order valence-electron chi connectivity index (χ4n) is 9.26. The molecule has 4 nitrogen and oxygen atoms in total. The number of benzene rings is 8. The highest BCUT2D eigenvalue weighted by molar-refractivity contribution is 8.34. The molecule has 8 aromatic carbocycles. The van der Waals surface area contributed by atoms with E-state index in [-0.39, 0.29) is 0 Å². The van der Waals surface area contributed by atoms with E-state index in [1.165, 1.54) is 63.5 Å². The van der Waals surface area contributed by atoms with Crippen LogP contribution in [0.15, 0.2) is 238 Å². The Morgan fingerprint density at radius 2 is 0.702 bits per heavy atom. The van der Waals surface area contributed by atoms with E-state index < -0.39 is 10.0 Å². The van der Waals surface area contributed by atoms with Gasteiger partial charge in [0, 0.05) is 41.7 Å². The van der Waals surface area contributed by atoms with E-state index in [1.54, 1.807) is 0 Å². The van der Waals surface area contributed by atoms with Crippen LogP contribution in [0, 0.1) is 0 Å². The van der Waals surface area contributed by atoms with Crippen molar-refractivity contribution in [1.29, 1.82) is 0 Å². The minimum atomic E-state index is -2.03. The molecular formula is C52H36N4S. The van der Waals surface area contributed by atoms with Gasteiger partial charge in [0.25, 0.3) is 0 Å². The van der Waals surface area contributed by atoms with Gasteiger partial charge in [-0.1, -0.05) is 109 Å². The highest BCUT2D eigenvalue weighted by Crippen LogP contribution is 2.73. The standard InChI is InChI=1S/C52H36N4S/c1-4-18-39(19-5-1)53-46-27-12-15-30-49(46)56-50-36-44(32-31-38(50)34-51(53)56)57(41-21-6-2-7-22-41,42-23-8-3-9-24-42)43-25-16-20-40(35-43)54-47-28-13-14-29-48(47)55-45-26-11-10-17-37(45)33-52(54)55/h1-36H. The van der Waals surface area contributed by atoms with Crippen LogP contribution in [0.1, 0.15) is 0 Å². The molecular weight excluding hydrogens is 713 g/mol. The summed E-state index contributed by atoms with van der Waals surface area (Å²) >= 11 is 0. The monoisotopic (exact) mass is 748 g/mol. The molecule has 0 N–H and O–H groups in total. The molecule has 0 radical (unpaired) electrons. The lowest BCUT2D eigenvalue weighted by molar-refractivity contribution is 1.13. The summed E-state index contributed by atoms with van der Waals surface area (Å²) in [5, 5.41) is 2.45. The molecule has 0 aliphatic rings. The van der Waals surface area contributed by atoms with Crippen molar-refractivity contribution >= 4 is 65.2 Å². The van der Waals surface area contributed by atoms with Crippen molar-refractivity contribution in [2.24, 2.45) is 0 Å². The smallest absolute Gasteiger partial charge is 0.123 e. The summed E-state index contributed by atoms with van der Waals surface area (Å²) < 4.78 is 9.69. The van der Waals surface area contributed by atoms with Crippen molar-refractivity contribution in [2.45, 2.75) is 19.6 Å².